The normalized spacial score (nSPS) is 16.4. The Morgan fingerprint density at radius 3 is 2.05 bits per heavy atom. The highest BCUT2D eigenvalue weighted by atomic mass is 32.1. The lowest BCUT2D eigenvalue weighted by atomic mass is 9.95. The number of ether oxygens (including phenoxy) is 1. The van der Waals surface area contributed by atoms with E-state index in [4.69, 9.17) is 17.0 Å². The van der Waals surface area contributed by atoms with Crippen LogP contribution in [0.1, 0.15) is 46.9 Å². The first-order valence-corrected chi connectivity index (χ1v) is 11.2. The third kappa shape index (κ3) is 6.21. The Morgan fingerprint density at radius 1 is 1.03 bits per heavy atom. The molecule has 0 spiro atoms. The van der Waals surface area contributed by atoms with Gasteiger partial charge in [-0.1, -0.05) is 12.1 Å². The minimum absolute atomic E-state index is 0.0543. The minimum Gasteiger partial charge on any atom is -0.463 e. The van der Waals surface area contributed by atoms with E-state index in [1.807, 2.05) is 0 Å². The van der Waals surface area contributed by atoms with E-state index in [-0.39, 0.29) is 18.4 Å². The van der Waals surface area contributed by atoms with Gasteiger partial charge in [-0.2, -0.15) is 26.3 Å². The largest absolute Gasteiger partial charge is 0.463 e. The zero-order chi connectivity index (χ0) is 27.7. The molecule has 1 unspecified atom stereocenters. The van der Waals surface area contributed by atoms with Crippen molar-refractivity contribution in [2.45, 2.75) is 32.2 Å². The van der Waals surface area contributed by atoms with Crippen LogP contribution >= 0.6 is 12.2 Å². The summed E-state index contributed by atoms with van der Waals surface area (Å²) in [4.78, 5) is 26.8. The smallest absolute Gasteiger partial charge is 0.416 e. The number of carbonyl (C=O) groups excluding carboxylic acids is 2. The standard InChI is InChI=1S/C24H21F6N3O3S/c1-4-36-21(35)18-12(2)33(3)22(37)32-19(18)13-5-7-17(8-6-13)31-20(34)14-9-15(23(25,26)27)11-16(10-14)24(28,29)30/h5-11,19H,4H2,1-3H3,(H,31,34)(H,32,37). The van der Waals surface area contributed by atoms with Crippen molar-refractivity contribution in [3.8, 4) is 0 Å². The van der Waals surface area contributed by atoms with E-state index in [1.54, 1.807) is 25.8 Å². The highest BCUT2D eigenvalue weighted by molar-refractivity contribution is 7.80. The van der Waals surface area contributed by atoms with Crippen LogP contribution in [0.3, 0.4) is 0 Å². The molecule has 1 atom stereocenters. The fourth-order valence-corrected chi connectivity index (χ4v) is 3.86. The Morgan fingerprint density at radius 2 is 1.57 bits per heavy atom. The van der Waals surface area contributed by atoms with Crippen LogP contribution in [0.25, 0.3) is 0 Å². The first-order valence-electron chi connectivity index (χ1n) is 10.8. The van der Waals surface area contributed by atoms with Crippen molar-refractivity contribution >= 4 is 34.9 Å². The number of anilines is 1. The van der Waals surface area contributed by atoms with Crippen LogP contribution in [0.5, 0.6) is 0 Å². The van der Waals surface area contributed by atoms with Crippen LogP contribution in [0, 0.1) is 0 Å². The number of amides is 1. The number of halogens is 6. The van der Waals surface area contributed by atoms with Crippen LogP contribution in [-0.2, 0) is 21.9 Å². The molecule has 1 aliphatic heterocycles. The van der Waals surface area contributed by atoms with Crippen LogP contribution in [0.4, 0.5) is 32.0 Å². The van der Waals surface area contributed by atoms with Crippen molar-refractivity contribution in [3.05, 3.63) is 76.0 Å². The Balaban J connectivity index is 1.89. The van der Waals surface area contributed by atoms with Crippen molar-refractivity contribution in [2.75, 3.05) is 19.0 Å². The number of hydrogen-bond donors (Lipinski definition) is 2. The number of nitrogens with one attached hydrogen (secondary N) is 2. The maximum Gasteiger partial charge on any atom is 0.416 e. The fourth-order valence-electron chi connectivity index (χ4n) is 3.61. The highest BCUT2D eigenvalue weighted by Gasteiger charge is 2.38. The highest BCUT2D eigenvalue weighted by Crippen LogP contribution is 2.37. The number of esters is 1. The monoisotopic (exact) mass is 545 g/mol. The van der Waals surface area contributed by atoms with E-state index < -0.39 is 47.0 Å². The van der Waals surface area contributed by atoms with Crippen molar-refractivity contribution in [3.63, 3.8) is 0 Å². The second-order valence-electron chi connectivity index (χ2n) is 8.03. The average molecular weight is 546 g/mol. The molecule has 198 valence electrons. The molecule has 2 aromatic rings. The second kappa shape index (κ2) is 10.4. The van der Waals surface area contributed by atoms with Crippen molar-refractivity contribution in [2.24, 2.45) is 0 Å². The molecule has 13 heteroatoms. The predicted molar refractivity (Wildman–Crippen MR) is 126 cm³/mol. The molecule has 1 amide bonds. The van der Waals surface area contributed by atoms with Gasteiger partial charge in [0.1, 0.15) is 0 Å². The molecule has 2 aromatic carbocycles. The fraction of sp³-hybridized carbons (Fsp3) is 0.292. The van der Waals surface area contributed by atoms with Gasteiger partial charge in [0.15, 0.2) is 5.11 Å². The van der Waals surface area contributed by atoms with Gasteiger partial charge in [-0.25, -0.2) is 4.79 Å². The maximum absolute atomic E-state index is 13.1. The van der Waals surface area contributed by atoms with Gasteiger partial charge in [0.25, 0.3) is 5.91 Å². The number of allylic oxidation sites excluding steroid dienone is 1. The predicted octanol–water partition coefficient (Wildman–Crippen LogP) is 5.67. The number of hydrogen-bond acceptors (Lipinski definition) is 4. The lowest BCUT2D eigenvalue weighted by molar-refractivity contribution is -0.143. The number of thiocarbonyl (C=S) groups is 1. The average Bonchev–Trinajstić information content (AvgIpc) is 2.81. The summed E-state index contributed by atoms with van der Waals surface area (Å²) >= 11 is 5.31. The lowest BCUT2D eigenvalue weighted by Crippen LogP contribution is -2.46. The zero-order valence-electron chi connectivity index (χ0n) is 19.7. The first-order chi connectivity index (χ1) is 17.1. The van der Waals surface area contributed by atoms with E-state index in [0.29, 0.717) is 34.1 Å². The summed E-state index contributed by atoms with van der Waals surface area (Å²) in [6.07, 6.45) is -10.2. The van der Waals surface area contributed by atoms with Crippen molar-refractivity contribution < 1.29 is 40.7 Å². The van der Waals surface area contributed by atoms with Gasteiger partial charge in [-0.3, -0.25) is 4.79 Å². The number of alkyl halides is 6. The van der Waals surface area contributed by atoms with Crippen LogP contribution in [-0.4, -0.2) is 35.5 Å². The summed E-state index contributed by atoms with van der Waals surface area (Å²) in [5, 5.41) is 5.67. The molecule has 2 N–H and O–H groups in total. The van der Waals surface area contributed by atoms with Crippen molar-refractivity contribution in [1.29, 1.82) is 0 Å². The van der Waals surface area contributed by atoms with E-state index in [0.717, 1.165) is 0 Å². The van der Waals surface area contributed by atoms with Crippen LogP contribution in [0.2, 0.25) is 0 Å². The molecular weight excluding hydrogens is 524 g/mol. The third-order valence-corrected chi connectivity index (χ3v) is 5.99. The molecule has 0 saturated carbocycles. The first kappa shape index (κ1) is 28.0. The molecule has 0 saturated heterocycles. The Bertz CT molecular complexity index is 1220. The number of nitrogens with zero attached hydrogens (tertiary/aromatic N) is 1. The van der Waals surface area contributed by atoms with E-state index in [9.17, 15) is 35.9 Å². The molecule has 1 heterocycles. The van der Waals surface area contributed by atoms with Gasteiger partial charge in [0.05, 0.1) is 29.3 Å². The molecule has 6 nitrogen and oxygen atoms in total. The number of benzene rings is 2. The molecule has 0 radical (unpaired) electrons. The Labute approximate surface area is 213 Å². The summed E-state index contributed by atoms with van der Waals surface area (Å²) < 4.78 is 83.8. The molecule has 3 rings (SSSR count). The summed E-state index contributed by atoms with van der Waals surface area (Å²) in [7, 11) is 1.68. The molecule has 0 bridgehead atoms. The molecule has 0 fully saturated rings. The summed E-state index contributed by atoms with van der Waals surface area (Å²) in [5.41, 5.74) is -2.48. The Hall–Kier alpha value is -3.61. The topological polar surface area (TPSA) is 70.7 Å². The van der Waals surface area contributed by atoms with Gasteiger partial charge in [-0.15, -0.1) is 0 Å². The van der Waals surface area contributed by atoms with Crippen LogP contribution < -0.4 is 10.6 Å². The SMILES string of the molecule is CCOC(=O)C1=C(C)N(C)C(=S)NC1c1ccc(NC(=O)c2cc(C(F)(F)F)cc(C(F)(F)F)c2)cc1. The van der Waals surface area contributed by atoms with Gasteiger partial charge >= 0.3 is 18.3 Å². The van der Waals surface area contributed by atoms with Crippen LogP contribution in [0.15, 0.2) is 53.7 Å². The van der Waals surface area contributed by atoms with E-state index >= 15 is 0 Å². The van der Waals surface area contributed by atoms with Gasteiger partial charge in [0.2, 0.25) is 0 Å². The number of rotatable bonds is 5. The second-order valence-corrected chi connectivity index (χ2v) is 8.42. The maximum atomic E-state index is 13.1. The van der Waals surface area contributed by atoms with E-state index in [1.165, 1.54) is 24.3 Å². The summed E-state index contributed by atoms with van der Waals surface area (Å²) in [6, 6.07) is 5.80. The van der Waals surface area contributed by atoms with Gasteiger partial charge in [0, 0.05) is 24.0 Å². The molecule has 1 aliphatic rings. The number of carbonyl (C=O) groups is 2. The molecule has 0 aliphatic carbocycles. The van der Waals surface area contributed by atoms with E-state index in [2.05, 4.69) is 10.6 Å². The third-order valence-electron chi connectivity index (χ3n) is 5.60. The summed E-state index contributed by atoms with van der Waals surface area (Å²) in [6.45, 7) is 3.51. The van der Waals surface area contributed by atoms with Gasteiger partial charge < -0.3 is 20.3 Å². The van der Waals surface area contributed by atoms with Crippen molar-refractivity contribution in [1.82, 2.24) is 10.2 Å². The molecule has 37 heavy (non-hydrogen) atoms. The zero-order valence-corrected chi connectivity index (χ0v) is 20.5. The minimum atomic E-state index is -5.08. The Kier molecular flexibility index (Phi) is 7.86. The molecule has 0 aromatic heterocycles. The van der Waals surface area contributed by atoms with Gasteiger partial charge in [-0.05, 0) is 62.0 Å². The summed E-state index contributed by atoms with van der Waals surface area (Å²) in [5.74, 6) is -1.72. The lowest BCUT2D eigenvalue weighted by Gasteiger charge is -2.35. The quantitative estimate of drug-likeness (QED) is 0.287. The molecular formula is C24H21F6N3O3S.